The van der Waals surface area contributed by atoms with Crippen LogP contribution in [0.25, 0.3) is 0 Å². The molecule has 1 unspecified atom stereocenters. The minimum absolute atomic E-state index is 0.0118. The second-order valence-electron chi connectivity index (χ2n) is 2.02. The monoisotopic (exact) mass is 179 g/mol. The normalized spacial score (nSPS) is 10.9. The van der Waals surface area contributed by atoms with Gasteiger partial charge in [0.15, 0.2) is 0 Å². The number of carbonyl (C=O) groups excluding carboxylic acids is 1. The van der Waals surface area contributed by atoms with Crippen LogP contribution >= 0.6 is 7.80 Å². The van der Waals surface area contributed by atoms with Gasteiger partial charge in [-0.3, -0.25) is 4.79 Å². The Morgan fingerprint density at radius 3 is 2.64 bits per heavy atom. The van der Waals surface area contributed by atoms with Crippen LogP contribution in [0.5, 0.6) is 0 Å². The molecule has 0 rings (SSSR count). The van der Waals surface area contributed by atoms with Crippen LogP contribution in [0.4, 0.5) is 0 Å². The van der Waals surface area contributed by atoms with E-state index >= 15 is 0 Å². The fourth-order valence-electron chi connectivity index (χ4n) is 0.420. The van der Waals surface area contributed by atoms with E-state index in [0.717, 1.165) is 0 Å². The lowest BCUT2D eigenvalue weighted by Gasteiger charge is -1.96. The van der Waals surface area contributed by atoms with Crippen molar-refractivity contribution in [2.75, 3.05) is 26.7 Å². The number of carbonyl (C=O) groups is 1. The molecule has 0 amide bonds. The van der Waals surface area contributed by atoms with Crippen LogP contribution in [-0.2, 0) is 18.8 Å². The largest absolute Gasteiger partial charge is 0.419 e. The van der Waals surface area contributed by atoms with Crippen molar-refractivity contribution in [1.82, 2.24) is 0 Å². The summed E-state index contributed by atoms with van der Waals surface area (Å²) in [5.41, 5.74) is 0. The molecule has 0 saturated carbocycles. The molecule has 0 N–H and O–H groups in total. The van der Waals surface area contributed by atoms with E-state index in [1.165, 1.54) is 13.8 Å². The molecule has 0 saturated heterocycles. The summed E-state index contributed by atoms with van der Waals surface area (Å²) in [7, 11) is 0.126. The molecule has 5 heteroatoms. The van der Waals surface area contributed by atoms with Gasteiger partial charge in [-0.05, 0) is 0 Å². The fourth-order valence-corrected chi connectivity index (χ4v) is 0.746. The summed E-state index contributed by atoms with van der Waals surface area (Å²) in [6, 6.07) is 0. The van der Waals surface area contributed by atoms with Gasteiger partial charge in [0.05, 0.1) is 13.0 Å². The zero-order chi connectivity index (χ0) is 8.69. The van der Waals surface area contributed by atoms with Crippen LogP contribution in [-0.4, -0.2) is 32.7 Å². The van der Waals surface area contributed by atoms with Gasteiger partial charge < -0.3 is 9.47 Å². The van der Waals surface area contributed by atoms with E-state index in [-0.39, 0.29) is 18.7 Å². The Bertz CT molecular complexity index is 146. The van der Waals surface area contributed by atoms with Crippen molar-refractivity contribution in [2.24, 2.45) is 0 Å². The summed E-state index contributed by atoms with van der Waals surface area (Å²) in [4.78, 5) is 10.7. The van der Waals surface area contributed by atoms with Gasteiger partial charge in [-0.25, -0.2) is 0 Å². The Kier molecular flexibility index (Phi) is 5.99. The summed E-state index contributed by atoms with van der Waals surface area (Å²) in [6.45, 7) is 1.86. The molecule has 0 spiro atoms. The quantitative estimate of drug-likeness (QED) is 0.466. The van der Waals surface area contributed by atoms with Crippen molar-refractivity contribution >= 4 is 13.8 Å². The molecule has 11 heavy (non-hydrogen) atoms. The van der Waals surface area contributed by atoms with E-state index in [9.17, 15) is 9.36 Å². The second kappa shape index (κ2) is 6.25. The minimum atomic E-state index is -1.38. The fraction of sp³-hybridized carbons (Fsp3) is 0.833. The Labute approximate surface area is 66.7 Å². The molecule has 0 aliphatic carbocycles. The Morgan fingerprint density at radius 1 is 1.55 bits per heavy atom. The molecule has 0 bridgehead atoms. The third-order valence-electron chi connectivity index (χ3n) is 0.918. The van der Waals surface area contributed by atoms with Gasteiger partial charge in [-0.1, -0.05) is 4.57 Å². The number of hydrogen-bond acceptors (Lipinski definition) is 4. The van der Waals surface area contributed by atoms with Crippen molar-refractivity contribution in [1.29, 1.82) is 0 Å². The van der Waals surface area contributed by atoms with E-state index in [0.29, 0.717) is 6.61 Å². The van der Waals surface area contributed by atoms with Crippen LogP contribution in [0.3, 0.4) is 0 Å². The van der Waals surface area contributed by atoms with Gasteiger partial charge in [0.1, 0.15) is 6.66 Å². The minimum Gasteiger partial charge on any atom is -0.419 e. The van der Waals surface area contributed by atoms with E-state index in [4.69, 9.17) is 0 Å². The predicted molar refractivity (Wildman–Crippen MR) is 41.0 cm³/mol. The molecule has 0 aliphatic heterocycles. The van der Waals surface area contributed by atoms with Crippen LogP contribution in [0.1, 0.15) is 6.42 Å². The second-order valence-corrected chi connectivity index (χ2v) is 3.53. The smallest absolute Gasteiger partial charge is 0.376 e. The van der Waals surface area contributed by atoms with Crippen LogP contribution in [0.2, 0.25) is 0 Å². The molecule has 64 valence electrons. The number of hydrogen-bond donors (Lipinski definition) is 0. The van der Waals surface area contributed by atoms with Crippen LogP contribution in [0, 0.1) is 0 Å². The molecule has 4 nitrogen and oxygen atoms in total. The van der Waals surface area contributed by atoms with E-state index < -0.39 is 7.80 Å². The lowest BCUT2D eigenvalue weighted by molar-refractivity contribution is -0.142. The molecule has 1 atom stereocenters. The molecule has 0 heterocycles. The first-order valence-corrected chi connectivity index (χ1v) is 5.09. The summed E-state index contributed by atoms with van der Waals surface area (Å²) in [6.07, 6.45) is 0.234. The molecule has 0 aromatic carbocycles. The van der Waals surface area contributed by atoms with E-state index in [2.05, 4.69) is 9.47 Å². The summed E-state index contributed by atoms with van der Waals surface area (Å²) in [5.74, 6) is -0.364. The van der Waals surface area contributed by atoms with Crippen molar-refractivity contribution in [3.8, 4) is 0 Å². The van der Waals surface area contributed by atoms with Crippen molar-refractivity contribution < 1.29 is 18.8 Å². The number of esters is 1. The molecule has 0 aliphatic rings. The highest BCUT2D eigenvalue weighted by atomic mass is 31.1. The lowest BCUT2D eigenvalue weighted by Crippen LogP contribution is -2.06. The third-order valence-corrected chi connectivity index (χ3v) is 1.41. The van der Waals surface area contributed by atoms with Gasteiger partial charge >= 0.3 is 13.8 Å². The lowest BCUT2D eigenvalue weighted by atomic mass is 10.5. The van der Waals surface area contributed by atoms with Gasteiger partial charge in [0, 0.05) is 7.11 Å². The summed E-state index contributed by atoms with van der Waals surface area (Å²) < 4.78 is 19.7. The zero-order valence-corrected chi connectivity index (χ0v) is 7.60. The first kappa shape index (κ1) is 10.5. The van der Waals surface area contributed by atoms with Crippen LogP contribution in [0.15, 0.2) is 0 Å². The van der Waals surface area contributed by atoms with Crippen molar-refractivity contribution in [3.63, 3.8) is 0 Å². The average Bonchev–Trinajstić information content (AvgIpc) is 1.97. The highest BCUT2D eigenvalue weighted by molar-refractivity contribution is 7.43. The van der Waals surface area contributed by atoms with Gasteiger partial charge in [-0.2, -0.15) is 0 Å². The SMILES string of the molecule is COCCC(=O)OC[P+](C)=O. The van der Waals surface area contributed by atoms with Crippen LogP contribution < -0.4 is 0 Å². The molecule has 0 aromatic rings. The third kappa shape index (κ3) is 7.43. The Balaban J connectivity index is 3.30. The molecule has 0 radical (unpaired) electrons. The number of methoxy groups -OCH3 is 1. The van der Waals surface area contributed by atoms with E-state index in [1.54, 1.807) is 0 Å². The summed E-state index contributed by atoms with van der Waals surface area (Å²) in [5, 5.41) is 0. The van der Waals surface area contributed by atoms with Crippen molar-refractivity contribution in [2.45, 2.75) is 6.42 Å². The molecular formula is C6H12O4P+. The first-order valence-electron chi connectivity index (χ1n) is 3.19. The topological polar surface area (TPSA) is 52.6 Å². The highest BCUT2D eigenvalue weighted by Gasteiger charge is 2.09. The van der Waals surface area contributed by atoms with Gasteiger partial charge in [-0.15, -0.1) is 0 Å². The molecule has 0 aromatic heterocycles. The molecular weight excluding hydrogens is 167 g/mol. The predicted octanol–water partition coefficient (Wildman–Crippen LogP) is 0.981. The Hall–Kier alpha value is -0.470. The first-order chi connectivity index (χ1) is 5.16. The highest BCUT2D eigenvalue weighted by Crippen LogP contribution is 2.12. The number of ether oxygens (including phenoxy) is 2. The zero-order valence-electron chi connectivity index (χ0n) is 6.70. The standard InChI is InChI=1S/C6H12O4P/c1-9-4-3-6(7)10-5-11(2)8/h3-5H2,1-2H3/q+1. The average molecular weight is 179 g/mol. The Morgan fingerprint density at radius 2 is 2.18 bits per heavy atom. The van der Waals surface area contributed by atoms with Gasteiger partial charge in [0.25, 0.3) is 6.35 Å². The number of rotatable bonds is 5. The maximum absolute atomic E-state index is 10.7. The maximum atomic E-state index is 10.7. The van der Waals surface area contributed by atoms with Crippen molar-refractivity contribution in [3.05, 3.63) is 0 Å². The maximum Gasteiger partial charge on any atom is 0.376 e. The molecule has 0 fully saturated rings. The van der Waals surface area contributed by atoms with Gasteiger partial charge in [0.2, 0.25) is 0 Å². The summed E-state index contributed by atoms with van der Waals surface area (Å²) >= 11 is 0. The van der Waals surface area contributed by atoms with E-state index in [1.807, 2.05) is 0 Å².